The normalized spacial score (nSPS) is 11.1. The van der Waals surface area contributed by atoms with Crippen molar-refractivity contribution in [1.29, 1.82) is 0 Å². The van der Waals surface area contributed by atoms with Gasteiger partial charge in [-0.15, -0.1) is 5.10 Å². The topological polar surface area (TPSA) is 43.1 Å². The van der Waals surface area contributed by atoms with Crippen LogP contribution in [0.25, 0.3) is 0 Å². The Morgan fingerprint density at radius 3 is 2.41 bits per heavy atom. The molecule has 0 radical (unpaired) electrons. The Balaban J connectivity index is 1.81. The van der Waals surface area contributed by atoms with Crippen LogP contribution in [-0.2, 0) is 6.54 Å². The molecule has 0 fully saturated rings. The Hall–Kier alpha value is -2.40. The predicted octanol–water partition coefficient (Wildman–Crippen LogP) is 3.80. The molecule has 0 saturated carbocycles. The summed E-state index contributed by atoms with van der Waals surface area (Å²) in [6.07, 6.45) is 3.78. The van der Waals surface area contributed by atoms with Gasteiger partial charge in [0.1, 0.15) is 0 Å². The molecular formula is C17H16N4S. The molecule has 1 heterocycles. The Morgan fingerprint density at radius 2 is 1.73 bits per heavy atom. The minimum atomic E-state index is 0.490. The third kappa shape index (κ3) is 3.62. The van der Waals surface area contributed by atoms with E-state index in [1.807, 2.05) is 59.5 Å². The summed E-state index contributed by atoms with van der Waals surface area (Å²) in [5.41, 5.74) is 2.23. The highest BCUT2D eigenvalue weighted by Gasteiger charge is 2.08. The molecule has 0 aliphatic rings. The summed E-state index contributed by atoms with van der Waals surface area (Å²) in [5.74, 6) is 0.490. The summed E-state index contributed by atoms with van der Waals surface area (Å²) in [6.45, 7) is 0.699. The number of benzene rings is 2. The van der Waals surface area contributed by atoms with Crippen LogP contribution < -0.4 is 0 Å². The molecule has 0 N–H and O–H groups in total. The van der Waals surface area contributed by atoms with Crippen LogP contribution in [0, 0.1) is 0 Å². The quantitative estimate of drug-likeness (QED) is 0.532. The molecule has 0 atom stereocenters. The van der Waals surface area contributed by atoms with E-state index in [0.29, 0.717) is 12.5 Å². The van der Waals surface area contributed by atoms with Crippen LogP contribution in [0.2, 0.25) is 0 Å². The summed E-state index contributed by atoms with van der Waals surface area (Å²) in [7, 11) is 0. The highest BCUT2D eigenvalue weighted by molar-refractivity contribution is 7.98. The Bertz CT molecular complexity index is 751. The molecule has 1 aromatic heterocycles. The molecule has 5 heteroatoms. The van der Waals surface area contributed by atoms with Gasteiger partial charge in [0.25, 0.3) is 5.95 Å². The van der Waals surface area contributed by atoms with Crippen molar-refractivity contribution in [2.45, 2.75) is 11.7 Å². The molecule has 22 heavy (non-hydrogen) atoms. The summed E-state index contributed by atoms with van der Waals surface area (Å²) >= 11 is 1.57. The second-order valence-corrected chi connectivity index (χ2v) is 5.48. The molecule has 0 unspecified atom stereocenters. The molecule has 0 spiro atoms. The first-order valence-electron chi connectivity index (χ1n) is 6.97. The van der Waals surface area contributed by atoms with Gasteiger partial charge in [0.05, 0.1) is 6.54 Å². The van der Waals surface area contributed by atoms with Crippen LogP contribution >= 0.6 is 11.8 Å². The van der Waals surface area contributed by atoms with E-state index in [-0.39, 0.29) is 0 Å². The Morgan fingerprint density at radius 1 is 1.05 bits per heavy atom. The van der Waals surface area contributed by atoms with Crippen LogP contribution in [-0.4, -0.2) is 27.2 Å². The van der Waals surface area contributed by atoms with Crippen molar-refractivity contribution < 1.29 is 0 Å². The van der Waals surface area contributed by atoms with Gasteiger partial charge in [-0.25, -0.2) is 9.67 Å². The second kappa shape index (κ2) is 7.04. The van der Waals surface area contributed by atoms with E-state index < -0.39 is 0 Å². The van der Waals surface area contributed by atoms with Gasteiger partial charge in [0.15, 0.2) is 5.16 Å². The zero-order valence-electron chi connectivity index (χ0n) is 12.3. The molecular weight excluding hydrogens is 292 g/mol. The van der Waals surface area contributed by atoms with Crippen LogP contribution in [0.3, 0.4) is 0 Å². The molecule has 3 rings (SSSR count). The number of hydrogen-bond donors (Lipinski definition) is 0. The van der Waals surface area contributed by atoms with Crippen LogP contribution in [0.5, 0.6) is 0 Å². The zero-order chi connectivity index (χ0) is 15.2. The molecule has 0 amide bonds. The van der Waals surface area contributed by atoms with Gasteiger partial charge in [-0.05, 0) is 17.4 Å². The predicted molar refractivity (Wildman–Crippen MR) is 91.0 cm³/mol. The van der Waals surface area contributed by atoms with Crippen LogP contribution in [0.1, 0.15) is 11.1 Å². The van der Waals surface area contributed by atoms with Crippen molar-refractivity contribution in [2.24, 2.45) is 4.99 Å². The average Bonchev–Trinajstić information content (AvgIpc) is 2.97. The molecule has 0 bridgehead atoms. The second-order valence-electron chi connectivity index (χ2n) is 4.71. The van der Waals surface area contributed by atoms with Gasteiger partial charge < -0.3 is 0 Å². The average molecular weight is 308 g/mol. The minimum absolute atomic E-state index is 0.490. The van der Waals surface area contributed by atoms with Crippen molar-refractivity contribution in [2.75, 3.05) is 6.26 Å². The molecule has 0 aliphatic carbocycles. The highest BCUT2D eigenvalue weighted by atomic mass is 32.2. The number of nitrogens with zero attached hydrogens (tertiary/aromatic N) is 4. The van der Waals surface area contributed by atoms with Gasteiger partial charge in [-0.1, -0.05) is 72.4 Å². The summed E-state index contributed by atoms with van der Waals surface area (Å²) < 4.78 is 1.89. The first-order chi connectivity index (χ1) is 10.8. The Labute approximate surface area is 133 Å². The zero-order valence-corrected chi connectivity index (χ0v) is 13.1. The summed E-state index contributed by atoms with van der Waals surface area (Å²) in [6, 6.07) is 20.2. The number of hydrogen-bond acceptors (Lipinski definition) is 4. The third-order valence-electron chi connectivity index (χ3n) is 3.11. The molecule has 4 nitrogen and oxygen atoms in total. The fourth-order valence-corrected chi connectivity index (χ4v) is 2.54. The molecule has 110 valence electrons. The molecule has 0 saturated heterocycles. The van der Waals surface area contributed by atoms with Crippen molar-refractivity contribution >= 4 is 23.9 Å². The lowest BCUT2D eigenvalue weighted by atomic mass is 10.2. The van der Waals surface area contributed by atoms with E-state index in [1.165, 1.54) is 5.56 Å². The van der Waals surface area contributed by atoms with Gasteiger partial charge in [0.2, 0.25) is 0 Å². The van der Waals surface area contributed by atoms with Crippen molar-refractivity contribution in [1.82, 2.24) is 14.8 Å². The van der Waals surface area contributed by atoms with Crippen molar-refractivity contribution in [3.8, 4) is 0 Å². The first-order valence-corrected chi connectivity index (χ1v) is 8.19. The van der Waals surface area contributed by atoms with E-state index >= 15 is 0 Å². The lowest BCUT2D eigenvalue weighted by molar-refractivity contribution is 0.620. The standard InChI is InChI=1S/C17H16N4S/c1-22-17-19-16(18-12-14-8-4-2-5-9-14)20-21(17)13-15-10-6-3-7-11-15/h2-12H,13H2,1H3/b18-12+. The largest absolute Gasteiger partial charge is 0.269 e. The van der Waals surface area contributed by atoms with Gasteiger partial charge in [0, 0.05) is 6.21 Å². The van der Waals surface area contributed by atoms with E-state index in [1.54, 1.807) is 18.0 Å². The smallest absolute Gasteiger partial charge is 0.234 e. The lowest BCUT2D eigenvalue weighted by Gasteiger charge is -2.03. The fourth-order valence-electron chi connectivity index (χ4n) is 2.05. The van der Waals surface area contributed by atoms with E-state index in [0.717, 1.165) is 10.7 Å². The monoisotopic (exact) mass is 308 g/mol. The summed E-state index contributed by atoms with van der Waals surface area (Å²) in [5, 5.41) is 5.34. The van der Waals surface area contributed by atoms with Crippen LogP contribution in [0.4, 0.5) is 5.95 Å². The molecule has 2 aromatic carbocycles. The first kappa shape index (κ1) is 14.5. The maximum absolute atomic E-state index is 4.48. The number of thioether (sulfide) groups is 1. The minimum Gasteiger partial charge on any atom is -0.234 e. The van der Waals surface area contributed by atoms with E-state index in [4.69, 9.17) is 0 Å². The summed E-state index contributed by atoms with van der Waals surface area (Å²) in [4.78, 5) is 8.82. The SMILES string of the molecule is CSc1nc(/N=C/c2ccccc2)nn1Cc1ccccc1. The van der Waals surface area contributed by atoms with Gasteiger partial charge in [-0.2, -0.15) is 4.98 Å². The van der Waals surface area contributed by atoms with Crippen molar-refractivity contribution in [3.05, 3.63) is 71.8 Å². The maximum atomic E-state index is 4.48. The van der Waals surface area contributed by atoms with E-state index in [9.17, 15) is 0 Å². The Kier molecular flexibility index (Phi) is 4.65. The fraction of sp³-hybridized carbons (Fsp3) is 0.118. The number of aromatic nitrogens is 3. The van der Waals surface area contributed by atoms with Crippen LogP contribution in [0.15, 0.2) is 70.8 Å². The number of aliphatic imine (C=N–C) groups is 1. The number of rotatable bonds is 5. The maximum Gasteiger partial charge on any atom is 0.269 e. The molecule has 3 aromatic rings. The van der Waals surface area contributed by atoms with Gasteiger partial charge >= 0.3 is 0 Å². The lowest BCUT2D eigenvalue weighted by Crippen LogP contribution is -2.02. The highest BCUT2D eigenvalue weighted by Crippen LogP contribution is 2.17. The van der Waals surface area contributed by atoms with Gasteiger partial charge in [-0.3, -0.25) is 0 Å². The van der Waals surface area contributed by atoms with Crippen molar-refractivity contribution in [3.63, 3.8) is 0 Å². The van der Waals surface area contributed by atoms with E-state index in [2.05, 4.69) is 27.2 Å². The molecule has 0 aliphatic heterocycles. The third-order valence-corrected chi connectivity index (χ3v) is 3.78.